The molecule has 5 rings (SSSR count). The maximum atomic E-state index is 12.5. The minimum absolute atomic E-state index is 0.198. The molecule has 2 aliphatic heterocycles. The molecule has 0 atom stereocenters. The van der Waals surface area contributed by atoms with Crippen LogP contribution in [0.3, 0.4) is 0 Å². The van der Waals surface area contributed by atoms with Gasteiger partial charge in [-0.05, 0) is 55.9 Å². The smallest absolute Gasteiger partial charge is 0.225 e. The second-order valence-corrected chi connectivity index (χ2v) is 9.33. The number of aromatic nitrogens is 1. The number of hydrogen-bond donors (Lipinski definition) is 0. The van der Waals surface area contributed by atoms with E-state index in [1.165, 1.54) is 0 Å². The molecule has 3 aliphatic rings. The Morgan fingerprint density at radius 3 is 2.55 bits per heavy atom. The Hall–Kier alpha value is -2.76. The number of allylic oxidation sites excluding steroid dienone is 3. The number of amides is 1. The van der Waals surface area contributed by atoms with Crippen molar-refractivity contribution in [3.8, 4) is 0 Å². The van der Waals surface area contributed by atoms with Gasteiger partial charge in [-0.25, -0.2) is 0 Å². The molecule has 1 aromatic carbocycles. The van der Waals surface area contributed by atoms with Crippen LogP contribution in [0, 0.1) is 11.8 Å². The highest BCUT2D eigenvalue weighted by Crippen LogP contribution is 2.42. The van der Waals surface area contributed by atoms with Crippen molar-refractivity contribution in [2.24, 2.45) is 11.8 Å². The van der Waals surface area contributed by atoms with Gasteiger partial charge in [0.05, 0.1) is 18.7 Å². The zero-order chi connectivity index (χ0) is 22.8. The lowest BCUT2D eigenvalue weighted by atomic mass is 9.83. The van der Waals surface area contributed by atoms with E-state index in [0.717, 1.165) is 66.4 Å². The van der Waals surface area contributed by atoms with Gasteiger partial charge in [0.25, 0.3) is 0 Å². The van der Waals surface area contributed by atoms with E-state index in [-0.39, 0.29) is 11.8 Å². The fourth-order valence-electron chi connectivity index (χ4n) is 5.06. The van der Waals surface area contributed by atoms with Crippen molar-refractivity contribution >= 4 is 22.4 Å². The standard InChI is InChI=1S/C28H32N2O3/c1-3-24(11-8-20(2)23-18-22-6-4-5-7-26(22)29-19-23)28(32-16-17-33-28)25-12-14-30(15-13-25)27(31)21-9-10-21/h3-8,11,18-19,21,25H,1,9-10,12-17H2,2H3/b20-8+,24-11+. The summed E-state index contributed by atoms with van der Waals surface area (Å²) in [5.74, 6) is 0.0201. The minimum Gasteiger partial charge on any atom is -0.343 e. The molecule has 1 aromatic heterocycles. The first-order chi connectivity index (χ1) is 16.1. The Kier molecular flexibility index (Phi) is 6.17. The molecular weight excluding hydrogens is 412 g/mol. The fourth-order valence-corrected chi connectivity index (χ4v) is 5.06. The van der Waals surface area contributed by atoms with E-state index in [2.05, 4.69) is 42.8 Å². The summed E-state index contributed by atoms with van der Waals surface area (Å²) in [4.78, 5) is 19.1. The molecule has 1 amide bonds. The molecule has 1 saturated carbocycles. The molecule has 0 spiro atoms. The highest BCUT2D eigenvalue weighted by Gasteiger charge is 2.48. The maximum absolute atomic E-state index is 12.5. The molecule has 0 bridgehead atoms. The first kappa shape index (κ1) is 22.1. The summed E-state index contributed by atoms with van der Waals surface area (Å²) in [5.41, 5.74) is 4.14. The second kappa shape index (κ2) is 9.24. The summed E-state index contributed by atoms with van der Waals surface area (Å²) < 4.78 is 12.6. The van der Waals surface area contributed by atoms with Gasteiger partial charge in [-0.1, -0.05) is 43.0 Å². The summed E-state index contributed by atoms with van der Waals surface area (Å²) in [6.07, 6.45) is 11.8. The third-order valence-electron chi connectivity index (χ3n) is 7.17. The highest BCUT2D eigenvalue weighted by atomic mass is 16.7. The number of carbonyl (C=O) groups excluding carboxylic acids is 1. The van der Waals surface area contributed by atoms with E-state index in [4.69, 9.17) is 9.47 Å². The molecule has 33 heavy (non-hydrogen) atoms. The third-order valence-corrected chi connectivity index (χ3v) is 7.17. The SMILES string of the molecule is C=C/C(=C\C=C(/C)c1cnc2ccccc2c1)C1(C2CCN(C(=O)C3CC3)CC2)OCCO1. The number of fused-ring (bicyclic) bond motifs is 1. The van der Waals surface area contributed by atoms with Crippen LogP contribution in [0.2, 0.25) is 0 Å². The van der Waals surface area contributed by atoms with Crippen molar-refractivity contribution in [2.45, 2.75) is 38.4 Å². The van der Waals surface area contributed by atoms with Gasteiger partial charge in [0.15, 0.2) is 5.79 Å². The van der Waals surface area contributed by atoms with Crippen molar-refractivity contribution in [2.75, 3.05) is 26.3 Å². The molecule has 5 heteroatoms. The zero-order valence-corrected chi connectivity index (χ0v) is 19.3. The Bertz CT molecular complexity index is 1100. The Morgan fingerprint density at radius 1 is 1.12 bits per heavy atom. The van der Waals surface area contributed by atoms with Crippen LogP contribution in [0.1, 0.15) is 38.2 Å². The van der Waals surface area contributed by atoms with Crippen molar-refractivity contribution in [1.82, 2.24) is 9.88 Å². The number of hydrogen-bond acceptors (Lipinski definition) is 4. The van der Waals surface area contributed by atoms with Gasteiger partial charge in [-0.3, -0.25) is 9.78 Å². The van der Waals surface area contributed by atoms with Gasteiger partial charge in [0.1, 0.15) is 0 Å². The van der Waals surface area contributed by atoms with Gasteiger partial charge >= 0.3 is 0 Å². The van der Waals surface area contributed by atoms with Gasteiger partial charge in [-0.15, -0.1) is 0 Å². The predicted octanol–water partition coefficient (Wildman–Crippen LogP) is 5.14. The maximum Gasteiger partial charge on any atom is 0.225 e. The molecule has 3 heterocycles. The van der Waals surface area contributed by atoms with Crippen LogP contribution in [-0.4, -0.2) is 47.9 Å². The van der Waals surface area contributed by atoms with Gasteiger partial charge in [0, 0.05) is 42.1 Å². The molecule has 0 N–H and O–H groups in total. The Morgan fingerprint density at radius 2 is 1.85 bits per heavy atom. The van der Waals surface area contributed by atoms with Gasteiger partial charge in [-0.2, -0.15) is 0 Å². The number of para-hydroxylation sites is 1. The molecule has 172 valence electrons. The number of benzene rings is 1. The number of likely N-dealkylation sites (tertiary alicyclic amines) is 1. The molecule has 2 aromatic rings. The summed E-state index contributed by atoms with van der Waals surface area (Å²) in [7, 11) is 0. The lowest BCUT2D eigenvalue weighted by Crippen LogP contribution is -2.48. The molecule has 1 aliphatic carbocycles. The average molecular weight is 445 g/mol. The van der Waals surface area contributed by atoms with Crippen LogP contribution in [0.4, 0.5) is 0 Å². The number of rotatable bonds is 6. The van der Waals surface area contributed by atoms with E-state index in [0.29, 0.717) is 19.1 Å². The van der Waals surface area contributed by atoms with Crippen LogP contribution < -0.4 is 0 Å². The highest BCUT2D eigenvalue weighted by molar-refractivity contribution is 5.82. The summed E-state index contributed by atoms with van der Waals surface area (Å²) in [6.45, 7) is 8.86. The normalized spacial score (nSPS) is 22.0. The number of pyridine rings is 1. The summed E-state index contributed by atoms with van der Waals surface area (Å²) in [5, 5.41) is 1.13. The van der Waals surface area contributed by atoms with Crippen LogP contribution >= 0.6 is 0 Å². The van der Waals surface area contributed by atoms with Crippen LogP contribution in [0.15, 0.2) is 66.9 Å². The topological polar surface area (TPSA) is 51.7 Å². The number of nitrogens with zero attached hydrogens (tertiary/aromatic N) is 2. The van der Waals surface area contributed by atoms with E-state index >= 15 is 0 Å². The molecule has 0 radical (unpaired) electrons. The summed E-state index contributed by atoms with van der Waals surface area (Å²) >= 11 is 0. The lowest BCUT2D eigenvalue weighted by molar-refractivity contribution is -0.175. The molecule has 5 nitrogen and oxygen atoms in total. The predicted molar refractivity (Wildman–Crippen MR) is 130 cm³/mol. The van der Waals surface area contributed by atoms with Crippen molar-refractivity contribution in [1.29, 1.82) is 0 Å². The number of piperidine rings is 1. The Labute approximate surface area is 195 Å². The van der Waals surface area contributed by atoms with Gasteiger partial charge < -0.3 is 14.4 Å². The molecule has 2 saturated heterocycles. The lowest BCUT2D eigenvalue weighted by Gasteiger charge is -2.41. The monoisotopic (exact) mass is 444 g/mol. The van der Waals surface area contributed by atoms with E-state index < -0.39 is 5.79 Å². The van der Waals surface area contributed by atoms with E-state index in [1.54, 1.807) is 0 Å². The average Bonchev–Trinajstić information content (AvgIpc) is 3.60. The fraction of sp³-hybridized carbons (Fsp3) is 0.429. The largest absolute Gasteiger partial charge is 0.343 e. The van der Waals surface area contributed by atoms with Gasteiger partial charge in [0.2, 0.25) is 5.91 Å². The zero-order valence-electron chi connectivity index (χ0n) is 19.3. The van der Waals surface area contributed by atoms with E-state index in [9.17, 15) is 4.79 Å². The van der Waals surface area contributed by atoms with Crippen LogP contribution in [-0.2, 0) is 14.3 Å². The first-order valence-corrected chi connectivity index (χ1v) is 12.0. The third kappa shape index (κ3) is 4.40. The number of carbonyl (C=O) groups is 1. The second-order valence-electron chi connectivity index (χ2n) is 9.33. The van der Waals surface area contributed by atoms with Crippen molar-refractivity contribution in [3.63, 3.8) is 0 Å². The van der Waals surface area contributed by atoms with Crippen LogP contribution in [0.25, 0.3) is 16.5 Å². The van der Waals surface area contributed by atoms with E-state index in [1.807, 2.05) is 35.4 Å². The Balaban J connectivity index is 1.36. The molecule has 0 unspecified atom stereocenters. The molecular formula is C28H32N2O3. The summed E-state index contributed by atoms with van der Waals surface area (Å²) in [6, 6.07) is 10.3. The quantitative estimate of drug-likeness (QED) is 0.579. The minimum atomic E-state index is -0.783. The first-order valence-electron chi connectivity index (χ1n) is 12.0. The van der Waals surface area contributed by atoms with Crippen molar-refractivity contribution in [3.05, 3.63) is 72.5 Å². The molecule has 3 fully saturated rings. The number of ether oxygens (including phenoxy) is 2. The van der Waals surface area contributed by atoms with Crippen molar-refractivity contribution < 1.29 is 14.3 Å². The van der Waals surface area contributed by atoms with Crippen LogP contribution in [0.5, 0.6) is 0 Å².